The minimum atomic E-state index is -0.0702. The van der Waals surface area contributed by atoms with Crippen molar-refractivity contribution in [2.24, 2.45) is 10.7 Å². The number of pyridine rings is 2. The van der Waals surface area contributed by atoms with Crippen molar-refractivity contribution in [1.29, 1.82) is 0 Å². The number of methoxy groups -OCH3 is 1. The molecule has 0 atom stereocenters. The summed E-state index contributed by atoms with van der Waals surface area (Å²) in [6, 6.07) is 23.1. The van der Waals surface area contributed by atoms with E-state index in [9.17, 15) is 4.79 Å². The van der Waals surface area contributed by atoms with Gasteiger partial charge in [-0.15, -0.1) is 0 Å². The molecule has 39 heavy (non-hydrogen) atoms. The molecule has 0 saturated carbocycles. The summed E-state index contributed by atoms with van der Waals surface area (Å²) < 4.78 is 7.08. The van der Waals surface area contributed by atoms with Crippen LogP contribution < -0.4 is 26.7 Å². The zero-order chi connectivity index (χ0) is 28.2. The third-order valence-corrected chi connectivity index (χ3v) is 5.98. The molecule has 2 heterocycles. The molecule has 0 bridgehead atoms. The maximum atomic E-state index is 13.2. The van der Waals surface area contributed by atoms with Crippen LogP contribution in [0.4, 0.5) is 5.69 Å². The lowest BCUT2D eigenvalue weighted by atomic mass is 9.99. The fraction of sp³-hybridized carbons (Fsp3) is 0.258. The van der Waals surface area contributed by atoms with E-state index in [0.717, 1.165) is 51.6 Å². The molecule has 0 amide bonds. The highest BCUT2D eigenvalue weighted by molar-refractivity contribution is 5.97. The van der Waals surface area contributed by atoms with Crippen LogP contribution in [0.25, 0.3) is 22.4 Å². The highest BCUT2D eigenvalue weighted by atomic mass is 16.5. The van der Waals surface area contributed by atoms with Crippen LogP contribution >= 0.6 is 0 Å². The summed E-state index contributed by atoms with van der Waals surface area (Å²) in [5.41, 5.74) is 12.1. The lowest BCUT2D eigenvalue weighted by Gasteiger charge is -2.15. The van der Waals surface area contributed by atoms with Gasteiger partial charge in [0.25, 0.3) is 5.56 Å². The molecule has 4 N–H and O–H groups in total. The van der Waals surface area contributed by atoms with Crippen molar-refractivity contribution in [3.63, 3.8) is 0 Å². The van der Waals surface area contributed by atoms with Crippen molar-refractivity contribution in [3.05, 3.63) is 101 Å². The van der Waals surface area contributed by atoms with Crippen LogP contribution in [0.1, 0.15) is 32.0 Å². The summed E-state index contributed by atoms with van der Waals surface area (Å²) >= 11 is 0. The Morgan fingerprint density at radius 1 is 1.03 bits per heavy atom. The predicted octanol–water partition coefficient (Wildman–Crippen LogP) is 5.26. The van der Waals surface area contributed by atoms with Gasteiger partial charge in [0.1, 0.15) is 5.75 Å². The van der Waals surface area contributed by atoms with Crippen molar-refractivity contribution >= 4 is 11.6 Å². The molecule has 0 saturated heterocycles. The molecule has 8 heteroatoms. The van der Waals surface area contributed by atoms with E-state index in [4.69, 9.17) is 10.5 Å². The summed E-state index contributed by atoms with van der Waals surface area (Å²) in [7, 11) is 1.64. The molecule has 0 aliphatic heterocycles. The quantitative estimate of drug-likeness (QED) is 0.156. The second-order valence-corrected chi connectivity index (χ2v) is 8.57. The Kier molecular flexibility index (Phi) is 10.8. The summed E-state index contributed by atoms with van der Waals surface area (Å²) in [4.78, 5) is 22.0. The molecule has 2 aromatic carbocycles. The zero-order valence-electron chi connectivity index (χ0n) is 23.4. The van der Waals surface area contributed by atoms with Crippen molar-refractivity contribution in [3.8, 4) is 28.1 Å². The number of nitrogens with one attached hydrogen (secondary N) is 2. The molecule has 0 aliphatic carbocycles. The zero-order valence-corrected chi connectivity index (χ0v) is 23.4. The number of aromatic nitrogens is 2. The van der Waals surface area contributed by atoms with Gasteiger partial charge in [0.2, 0.25) is 0 Å². The number of rotatable bonds is 9. The number of aryl methyl sites for hydroxylation is 1. The van der Waals surface area contributed by atoms with E-state index in [1.165, 1.54) is 0 Å². The van der Waals surface area contributed by atoms with Crippen LogP contribution in [-0.2, 0) is 6.54 Å². The lowest BCUT2D eigenvalue weighted by Crippen LogP contribution is -2.25. The van der Waals surface area contributed by atoms with Gasteiger partial charge >= 0.3 is 0 Å². The third-order valence-electron chi connectivity index (χ3n) is 5.98. The number of hydrogen-bond acceptors (Lipinski definition) is 5. The second-order valence-electron chi connectivity index (χ2n) is 8.57. The topological polar surface area (TPSA) is 107 Å². The lowest BCUT2D eigenvalue weighted by molar-refractivity contribution is 0.414. The minimum absolute atomic E-state index is 0.0702. The van der Waals surface area contributed by atoms with Gasteiger partial charge in [-0.3, -0.25) is 15.1 Å². The Hall–Kier alpha value is -4.43. The summed E-state index contributed by atoms with van der Waals surface area (Å²) in [6.07, 6.45) is 1.75. The van der Waals surface area contributed by atoms with Crippen LogP contribution in [0.2, 0.25) is 0 Å². The minimum Gasteiger partial charge on any atom is -0.497 e. The number of hydrogen-bond donors (Lipinski definition) is 3. The van der Waals surface area contributed by atoms with Gasteiger partial charge in [-0.2, -0.15) is 0 Å². The average molecular weight is 527 g/mol. The highest BCUT2D eigenvalue weighted by Crippen LogP contribution is 2.32. The van der Waals surface area contributed by atoms with Crippen molar-refractivity contribution < 1.29 is 4.74 Å². The van der Waals surface area contributed by atoms with E-state index < -0.39 is 0 Å². The monoisotopic (exact) mass is 526 g/mol. The van der Waals surface area contributed by atoms with E-state index in [1.54, 1.807) is 23.9 Å². The van der Waals surface area contributed by atoms with Crippen molar-refractivity contribution in [1.82, 2.24) is 14.9 Å². The van der Waals surface area contributed by atoms with E-state index >= 15 is 0 Å². The van der Waals surface area contributed by atoms with Gasteiger partial charge in [0.05, 0.1) is 31.7 Å². The molecular formula is C31H38N6O2. The molecule has 4 rings (SSSR count). The molecular weight excluding hydrogens is 488 g/mol. The normalized spacial score (nSPS) is 10.9. The van der Waals surface area contributed by atoms with Gasteiger partial charge in [0.15, 0.2) is 5.96 Å². The number of ether oxygens (including phenoxy) is 1. The van der Waals surface area contributed by atoms with Crippen LogP contribution in [0.15, 0.2) is 88.8 Å². The second kappa shape index (κ2) is 14.5. The fourth-order valence-corrected chi connectivity index (χ4v) is 4.05. The largest absolute Gasteiger partial charge is 0.497 e. The average Bonchev–Trinajstić information content (AvgIpc) is 2.97. The Bertz CT molecular complexity index is 1450. The maximum Gasteiger partial charge on any atom is 0.251 e. The first-order valence-electron chi connectivity index (χ1n) is 13.2. The van der Waals surface area contributed by atoms with E-state index in [0.29, 0.717) is 19.2 Å². The molecule has 0 spiro atoms. The fourth-order valence-electron chi connectivity index (χ4n) is 4.05. The van der Waals surface area contributed by atoms with Crippen LogP contribution in [-0.4, -0.2) is 35.8 Å². The Morgan fingerprint density at radius 2 is 1.85 bits per heavy atom. The van der Waals surface area contributed by atoms with Gasteiger partial charge in [-0.25, -0.2) is 4.99 Å². The molecule has 0 fully saturated rings. The summed E-state index contributed by atoms with van der Waals surface area (Å²) in [5, 5.41) is 6.31. The number of guanidine groups is 1. The van der Waals surface area contributed by atoms with Gasteiger partial charge in [0, 0.05) is 23.5 Å². The van der Waals surface area contributed by atoms with Gasteiger partial charge < -0.3 is 20.4 Å². The van der Waals surface area contributed by atoms with Crippen LogP contribution in [0, 0.1) is 6.92 Å². The predicted molar refractivity (Wildman–Crippen MR) is 161 cm³/mol. The number of anilines is 1. The van der Waals surface area contributed by atoms with E-state index in [-0.39, 0.29) is 5.56 Å². The number of benzene rings is 2. The molecule has 204 valence electrons. The molecule has 0 aliphatic rings. The van der Waals surface area contributed by atoms with Crippen LogP contribution in [0.5, 0.6) is 5.75 Å². The SMILES string of the molecule is CC.CCNC/N=C(\N)Nc1ccc(-c2cc(C)n(Cc3cccc(OC)c3)c(=O)c2)cc1-c1ccccn1. The molecule has 8 nitrogen and oxygen atoms in total. The molecule has 2 aromatic heterocycles. The summed E-state index contributed by atoms with van der Waals surface area (Å²) in [5.74, 6) is 1.07. The Labute approximate surface area is 230 Å². The molecule has 0 radical (unpaired) electrons. The molecule has 4 aromatic rings. The number of aliphatic imine (C=N–C) groups is 1. The third kappa shape index (κ3) is 7.78. The standard InChI is InChI=1S/C29H32N6O2.C2H6/c1-4-31-19-33-29(30)34-27-12-11-22(16-25(27)26-10-5-6-13-32-26)23-14-20(2)35(28(36)17-23)18-21-8-7-9-24(15-21)37-3;1-2/h5-17,31H,4,18-19H2,1-3H3,(H3,30,33,34);1-2H3. The van der Waals surface area contributed by atoms with Crippen molar-refractivity contribution in [2.45, 2.75) is 34.2 Å². The highest BCUT2D eigenvalue weighted by Gasteiger charge is 2.12. The van der Waals surface area contributed by atoms with Gasteiger partial charge in [-0.1, -0.05) is 45.0 Å². The first kappa shape index (κ1) is 29.1. The first-order valence-corrected chi connectivity index (χ1v) is 13.2. The number of nitrogens with two attached hydrogens (primary N) is 1. The summed E-state index contributed by atoms with van der Waals surface area (Å²) in [6.45, 7) is 9.66. The smallest absolute Gasteiger partial charge is 0.251 e. The van der Waals surface area contributed by atoms with Crippen molar-refractivity contribution in [2.75, 3.05) is 25.6 Å². The maximum absolute atomic E-state index is 13.2. The first-order chi connectivity index (χ1) is 19.0. The Morgan fingerprint density at radius 3 is 2.54 bits per heavy atom. The van der Waals surface area contributed by atoms with Crippen LogP contribution in [0.3, 0.4) is 0 Å². The molecule has 0 unspecified atom stereocenters. The number of nitrogens with zero attached hydrogens (tertiary/aromatic N) is 3. The van der Waals surface area contributed by atoms with E-state index in [1.807, 2.05) is 94.4 Å². The van der Waals surface area contributed by atoms with Gasteiger partial charge in [-0.05, 0) is 72.6 Å². The van der Waals surface area contributed by atoms with E-state index in [2.05, 4.69) is 20.6 Å². The Balaban J connectivity index is 0.00000205.